The van der Waals surface area contributed by atoms with Gasteiger partial charge in [0, 0.05) is 13.1 Å². The molecule has 1 heterocycles. The fraction of sp³-hybridized carbons (Fsp3) is 0.889. The van der Waals surface area contributed by atoms with Gasteiger partial charge in [-0.15, -0.1) is 0 Å². The highest BCUT2D eigenvalue weighted by Gasteiger charge is 2.29. The van der Waals surface area contributed by atoms with Gasteiger partial charge in [-0.3, -0.25) is 0 Å². The van der Waals surface area contributed by atoms with Crippen molar-refractivity contribution in [1.29, 1.82) is 5.26 Å². The minimum Gasteiger partial charge on any atom is -0.361 e. The smallest absolute Gasteiger partial charge is 0.279 e. The summed E-state index contributed by atoms with van der Waals surface area (Å²) >= 11 is 0. The molecule has 0 amide bonds. The van der Waals surface area contributed by atoms with Crippen molar-refractivity contribution in [2.45, 2.75) is 20.0 Å². The summed E-state index contributed by atoms with van der Waals surface area (Å²) in [6.07, 6.45) is -0.663. The first-order valence-corrected chi connectivity index (χ1v) is 6.65. The fourth-order valence-electron chi connectivity index (χ4n) is 1.29. The molecule has 1 aliphatic rings. The summed E-state index contributed by atoms with van der Waals surface area (Å²) in [4.78, 5) is 0. The van der Waals surface area contributed by atoms with Crippen LogP contribution in [0.15, 0.2) is 0 Å². The summed E-state index contributed by atoms with van der Waals surface area (Å²) in [6.45, 7) is 4.92. The molecule has 1 aliphatic heterocycles. The second kappa shape index (κ2) is 5.59. The average molecular weight is 247 g/mol. The van der Waals surface area contributed by atoms with Crippen molar-refractivity contribution in [3.05, 3.63) is 0 Å². The third-order valence-electron chi connectivity index (χ3n) is 2.19. The molecule has 0 aromatic heterocycles. The fourth-order valence-corrected chi connectivity index (χ4v) is 2.66. The first-order chi connectivity index (χ1) is 7.45. The molecule has 7 heteroatoms. The van der Waals surface area contributed by atoms with E-state index in [4.69, 9.17) is 10.00 Å². The quantitative estimate of drug-likeness (QED) is 0.739. The van der Waals surface area contributed by atoms with E-state index in [1.54, 1.807) is 0 Å². The Labute approximate surface area is 96.4 Å². The molecule has 16 heavy (non-hydrogen) atoms. The zero-order valence-corrected chi connectivity index (χ0v) is 10.3. The molecule has 0 aromatic carbocycles. The molecule has 0 aromatic rings. The minimum atomic E-state index is -3.47. The molecule has 0 saturated carbocycles. The molecule has 0 spiro atoms. The molecule has 1 saturated heterocycles. The Balaban J connectivity index is 2.58. The van der Waals surface area contributed by atoms with Crippen LogP contribution in [0, 0.1) is 17.2 Å². The number of nitrogens with one attached hydrogen (secondary N) is 1. The van der Waals surface area contributed by atoms with Crippen molar-refractivity contribution in [2.24, 2.45) is 5.92 Å². The maximum Gasteiger partial charge on any atom is 0.279 e. The highest BCUT2D eigenvalue weighted by Crippen LogP contribution is 2.08. The van der Waals surface area contributed by atoms with E-state index in [1.807, 2.05) is 19.9 Å². The molecular weight excluding hydrogens is 230 g/mol. The van der Waals surface area contributed by atoms with Crippen LogP contribution in [0.3, 0.4) is 0 Å². The van der Waals surface area contributed by atoms with Crippen LogP contribution in [0.2, 0.25) is 0 Å². The summed E-state index contributed by atoms with van der Waals surface area (Å²) in [5.41, 5.74) is 0. The van der Waals surface area contributed by atoms with Gasteiger partial charge in [0.1, 0.15) is 0 Å². The van der Waals surface area contributed by atoms with Gasteiger partial charge in [-0.25, -0.2) is 4.72 Å². The number of nitrogens with zero attached hydrogens (tertiary/aromatic N) is 2. The largest absolute Gasteiger partial charge is 0.361 e. The van der Waals surface area contributed by atoms with Gasteiger partial charge in [0.25, 0.3) is 10.2 Å². The van der Waals surface area contributed by atoms with Gasteiger partial charge in [-0.1, -0.05) is 13.8 Å². The van der Waals surface area contributed by atoms with Crippen molar-refractivity contribution in [1.82, 2.24) is 9.03 Å². The van der Waals surface area contributed by atoms with Gasteiger partial charge in [0.15, 0.2) is 6.10 Å². The van der Waals surface area contributed by atoms with E-state index in [-0.39, 0.29) is 19.1 Å². The van der Waals surface area contributed by atoms with Gasteiger partial charge in [0.2, 0.25) is 0 Å². The third-order valence-corrected chi connectivity index (χ3v) is 3.73. The molecule has 0 radical (unpaired) electrons. The minimum absolute atomic E-state index is 0.101. The van der Waals surface area contributed by atoms with E-state index in [0.29, 0.717) is 13.1 Å². The average Bonchev–Trinajstić information content (AvgIpc) is 2.27. The van der Waals surface area contributed by atoms with E-state index in [0.717, 1.165) is 0 Å². The van der Waals surface area contributed by atoms with Gasteiger partial charge < -0.3 is 4.74 Å². The Morgan fingerprint density at radius 3 is 2.88 bits per heavy atom. The lowest BCUT2D eigenvalue weighted by Crippen LogP contribution is -2.50. The standard InChI is InChI=1S/C9H17N3O3S/c1-8(2)6-11-16(13,14)12-3-4-15-9(5-10)7-12/h8-9,11H,3-4,6-7H2,1-2H3. The molecule has 6 nitrogen and oxygen atoms in total. The van der Waals surface area contributed by atoms with Crippen molar-refractivity contribution in [3.8, 4) is 6.07 Å². The lowest BCUT2D eigenvalue weighted by Gasteiger charge is -2.29. The summed E-state index contributed by atoms with van der Waals surface area (Å²) in [5, 5.41) is 8.68. The summed E-state index contributed by atoms with van der Waals surface area (Å²) in [5.74, 6) is 0.252. The Bertz CT molecular complexity index is 361. The third kappa shape index (κ3) is 3.72. The monoisotopic (exact) mass is 247 g/mol. The topological polar surface area (TPSA) is 82.4 Å². The molecule has 1 N–H and O–H groups in total. The summed E-state index contributed by atoms with van der Waals surface area (Å²) in [7, 11) is -3.47. The number of hydrogen-bond donors (Lipinski definition) is 1. The molecular formula is C9H17N3O3S. The van der Waals surface area contributed by atoms with Crippen LogP contribution < -0.4 is 4.72 Å². The highest BCUT2D eigenvalue weighted by molar-refractivity contribution is 7.87. The van der Waals surface area contributed by atoms with Gasteiger partial charge in [0.05, 0.1) is 19.2 Å². The first-order valence-electron chi connectivity index (χ1n) is 5.21. The second-order valence-corrected chi connectivity index (χ2v) is 5.85. The van der Waals surface area contributed by atoms with Crippen molar-refractivity contribution < 1.29 is 13.2 Å². The van der Waals surface area contributed by atoms with Gasteiger partial charge >= 0.3 is 0 Å². The predicted molar refractivity (Wildman–Crippen MR) is 58.7 cm³/mol. The number of ether oxygens (including phenoxy) is 1. The Hall–Kier alpha value is -0.680. The van der Waals surface area contributed by atoms with E-state index in [1.165, 1.54) is 4.31 Å². The highest BCUT2D eigenvalue weighted by atomic mass is 32.2. The van der Waals surface area contributed by atoms with Crippen molar-refractivity contribution in [3.63, 3.8) is 0 Å². The number of hydrogen-bond acceptors (Lipinski definition) is 4. The van der Waals surface area contributed by atoms with Crippen LogP contribution in [-0.4, -0.2) is 45.1 Å². The van der Waals surface area contributed by atoms with Gasteiger partial charge in [-0.05, 0) is 5.92 Å². The van der Waals surface area contributed by atoms with Crippen LogP contribution in [-0.2, 0) is 14.9 Å². The number of rotatable bonds is 4. The van der Waals surface area contributed by atoms with Crippen molar-refractivity contribution in [2.75, 3.05) is 26.2 Å². The molecule has 1 unspecified atom stereocenters. The lowest BCUT2D eigenvalue weighted by molar-refractivity contribution is 0.0307. The first kappa shape index (κ1) is 13.4. The van der Waals surface area contributed by atoms with Crippen LogP contribution in [0.1, 0.15) is 13.8 Å². The normalized spacial score (nSPS) is 23.2. The van der Waals surface area contributed by atoms with E-state index < -0.39 is 16.3 Å². The number of nitriles is 1. The molecule has 0 bridgehead atoms. The van der Waals surface area contributed by atoms with Crippen molar-refractivity contribution >= 4 is 10.2 Å². The van der Waals surface area contributed by atoms with Gasteiger partial charge in [-0.2, -0.15) is 18.0 Å². The zero-order valence-electron chi connectivity index (χ0n) is 9.51. The maximum atomic E-state index is 11.8. The molecule has 0 aliphatic carbocycles. The Morgan fingerprint density at radius 2 is 2.31 bits per heavy atom. The summed E-state index contributed by atoms with van der Waals surface area (Å²) in [6, 6.07) is 1.91. The maximum absolute atomic E-state index is 11.8. The van der Waals surface area contributed by atoms with Crippen LogP contribution in [0.5, 0.6) is 0 Å². The van der Waals surface area contributed by atoms with Crippen LogP contribution >= 0.6 is 0 Å². The zero-order chi connectivity index (χ0) is 12.2. The van der Waals surface area contributed by atoms with Crippen LogP contribution in [0.4, 0.5) is 0 Å². The molecule has 92 valence electrons. The Kier molecular flexibility index (Phi) is 4.68. The second-order valence-electron chi connectivity index (χ2n) is 4.09. The molecule has 1 atom stereocenters. The number of morpholine rings is 1. The van der Waals surface area contributed by atoms with Crippen LogP contribution in [0.25, 0.3) is 0 Å². The van der Waals surface area contributed by atoms with E-state index >= 15 is 0 Å². The SMILES string of the molecule is CC(C)CNS(=O)(=O)N1CCOC(C#N)C1. The van der Waals surface area contributed by atoms with E-state index in [2.05, 4.69) is 4.72 Å². The molecule has 1 rings (SSSR count). The summed E-state index contributed by atoms with van der Waals surface area (Å²) < 4.78 is 32.4. The van der Waals surface area contributed by atoms with E-state index in [9.17, 15) is 8.42 Å². The molecule has 1 fully saturated rings. The lowest BCUT2D eigenvalue weighted by atomic mass is 10.2. The Morgan fingerprint density at radius 1 is 1.62 bits per heavy atom. The predicted octanol–water partition coefficient (Wildman–Crippen LogP) is -0.299.